The van der Waals surface area contributed by atoms with Crippen molar-refractivity contribution in [3.8, 4) is 10.6 Å². The molecular weight excluding hydrogens is 334 g/mol. The molecule has 4 heterocycles. The molecule has 1 fully saturated rings. The Morgan fingerprint density at radius 2 is 2.24 bits per heavy atom. The van der Waals surface area contributed by atoms with Crippen LogP contribution in [0.25, 0.3) is 10.6 Å². The van der Waals surface area contributed by atoms with Crippen LogP contribution >= 0.6 is 11.3 Å². The number of aromatic nitrogens is 2. The van der Waals surface area contributed by atoms with E-state index in [1.807, 2.05) is 35.7 Å². The first-order valence-electron chi connectivity index (χ1n) is 8.64. The topological polar surface area (TPSA) is 51.3 Å². The van der Waals surface area contributed by atoms with E-state index < -0.39 is 0 Å². The molecule has 0 N–H and O–H groups in total. The van der Waals surface area contributed by atoms with Crippen molar-refractivity contribution >= 4 is 17.2 Å². The summed E-state index contributed by atoms with van der Waals surface area (Å²) in [4.78, 5) is 19.8. The molecule has 1 amide bonds. The van der Waals surface area contributed by atoms with E-state index >= 15 is 0 Å². The molecule has 5 nitrogen and oxygen atoms in total. The minimum atomic E-state index is 0.0269. The van der Waals surface area contributed by atoms with Crippen LogP contribution in [0.2, 0.25) is 0 Å². The van der Waals surface area contributed by atoms with Crippen molar-refractivity contribution in [1.82, 2.24) is 14.5 Å². The predicted molar refractivity (Wildman–Crippen MR) is 97.5 cm³/mol. The van der Waals surface area contributed by atoms with Gasteiger partial charge in [0, 0.05) is 36.4 Å². The fourth-order valence-corrected chi connectivity index (χ4v) is 4.30. The van der Waals surface area contributed by atoms with Crippen molar-refractivity contribution < 1.29 is 9.21 Å². The van der Waals surface area contributed by atoms with E-state index in [1.165, 1.54) is 23.5 Å². The third-order valence-corrected chi connectivity index (χ3v) is 5.72. The maximum atomic E-state index is 13.2. The highest BCUT2D eigenvalue weighted by molar-refractivity contribution is 7.13. The van der Waals surface area contributed by atoms with Crippen molar-refractivity contribution in [2.45, 2.75) is 31.7 Å². The van der Waals surface area contributed by atoms with E-state index in [1.54, 1.807) is 12.5 Å². The minimum absolute atomic E-state index is 0.0269. The van der Waals surface area contributed by atoms with E-state index in [-0.39, 0.29) is 11.9 Å². The van der Waals surface area contributed by atoms with Gasteiger partial charge in [-0.05, 0) is 31.0 Å². The summed E-state index contributed by atoms with van der Waals surface area (Å²) in [5.74, 6) is 0.0269. The summed E-state index contributed by atoms with van der Waals surface area (Å²) in [6.45, 7) is 0.785. The van der Waals surface area contributed by atoms with Crippen LogP contribution in [0, 0.1) is 0 Å². The molecule has 3 aromatic heterocycles. The average Bonchev–Trinajstić information content (AvgIpc) is 3.33. The zero-order valence-corrected chi connectivity index (χ0v) is 15.0. The molecule has 1 aliphatic rings. The van der Waals surface area contributed by atoms with Crippen LogP contribution in [0.1, 0.15) is 47.9 Å². The van der Waals surface area contributed by atoms with Crippen molar-refractivity contribution in [1.29, 1.82) is 0 Å². The number of hydrogen-bond donors (Lipinski definition) is 0. The Morgan fingerprint density at radius 1 is 1.32 bits per heavy atom. The van der Waals surface area contributed by atoms with Crippen LogP contribution in [-0.2, 0) is 7.05 Å². The Labute approximate surface area is 150 Å². The molecule has 0 aromatic carbocycles. The molecule has 0 aliphatic carbocycles. The number of amides is 1. The third kappa shape index (κ3) is 3.14. The second-order valence-corrected chi connectivity index (χ2v) is 7.32. The number of thiazole rings is 1. The number of carbonyl (C=O) groups excluding carboxylic acids is 1. The van der Waals surface area contributed by atoms with Crippen LogP contribution < -0.4 is 0 Å². The molecule has 1 aliphatic heterocycles. The van der Waals surface area contributed by atoms with Gasteiger partial charge < -0.3 is 13.9 Å². The molecular formula is C19H21N3O2S. The van der Waals surface area contributed by atoms with Gasteiger partial charge in [0.1, 0.15) is 17.0 Å². The predicted octanol–water partition coefficient (Wildman–Crippen LogP) is 4.50. The van der Waals surface area contributed by atoms with Crippen LogP contribution in [0.5, 0.6) is 0 Å². The van der Waals surface area contributed by atoms with E-state index in [4.69, 9.17) is 4.42 Å². The summed E-state index contributed by atoms with van der Waals surface area (Å²) >= 11 is 1.48. The maximum Gasteiger partial charge on any atom is 0.273 e. The summed E-state index contributed by atoms with van der Waals surface area (Å²) in [5, 5.41) is 2.68. The van der Waals surface area contributed by atoms with E-state index in [2.05, 4.69) is 15.6 Å². The van der Waals surface area contributed by atoms with Gasteiger partial charge in [-0.15, -0.1) is 11.3 Å². The van der Waals surface area contributed by atoms with E-state index in [0.717, 1.165) is 36.4 Å². The van der Waals surface area contributed by atoms with Crippen LogP contribution in [0.4, 0.5) is 0 Å². The molecule has 1 saturated heterocycles. The Kier molecular flexibility index (Phi) is 4.44. The maximum absolute atomic E-state index is 13.2. The quantitative estimate of drug-likeness (QED) is 0.695. The lowest BCUT2D eigenvalue weighted by molar-refractivity contribution is 0.0669. The van der Waals surface area contributed by atoms with Crippen molar-refractivity contribution in [2.75, 3.05) is 6.54 Å². The fraction of sp³-hybridized carbons (Fsp3) is 0.368. The zero-order valence-electron chi connectivity index (χ0n) is 14.2. The second kappa shape index (κ2) is 6.88. The Balaban J connectivity index is 1.63. The number of hydrogen-bond acceptors (Lipinski definition) is 4. The third-order valence-electron chi connectivity index (χ3n) is 4.83. The molecule has 130 valence electrons. The highest BCUT2D eigenvalue weighted by Crippen LogP contribution is 2.32. The van der Waals surface area contributed by atoms with Crippen LogP contribution in [-0.4, -0.2) is 26.9 Å². The summed E-state index contributed by atoms with van der Waals surface area (Å²) in [6.07, 6.45) is 9.69. The lowest BCUT2D eigenvalue weighted by Gasteiger charge is -2.30. The number of carbonyl (C=O) groups is 1. The summed E-state index contributed by atoms with van der Waals surface area (Å²) in [6, 6.07) is 6.15. The molecule has 4 rings (SSSR count). The van der Waals surface area contributed by atoms with Gasteiger partial charge in [0.05, 0.1) is 12.3 Å². The van der Waals surface area contributed by atoms with E-state index in [0.29, 0.717) is 5.69 Å². The summed E-state index contributed by atoms with van der Waals surface area (Å²) < 4.78 is 7.24. The summed E-state index contributed by atoms with van der Waals surface area (Å²) in [7, 11) is 2.04. The number of aryl methyl sites for hydroxylation is 1. The number of likely N-dealkylation sites (tertiary alicyclic amines) is 1. The minimum Gasteiger partial charge on any atom is -0.472 e. The number of nitrogens with zero attached hydrogens (tertiary/aromatic N) is 3. The Hall–Kier alpha value is -2.34. The zero-order chi connectivity index (χ0) is 17.2. The molecule has 3 aromatic rings. The molecule has 0 saturated carbocycles. The van der Waals surface area contributed by atoms with Gasteiger partial charge in [-0.25, -0.2) is 4.98 Å². The van der Waals surface area contributed by atoms with Crippen molar-refractivity contribution in [3.05, 3.63) is 53.7 Å². The SMILES string of the molecule is Cn1cccc1C1CCCCCN1C(=O)c1csc(-c2ccoc2)n1. The smallest absolute Gasteiger partial charge is 0.273 e. The van der Waals surface area contributed by atoms with Gasteiger partial charge in [-0.1, -0.05) is 12.8 Å². The van der Waals surface area contributed by atoms with Crippen LogP contribution in [0.3, 0.4) is 0 Å². The molecule has 6 heteroatoms. The van der Waals surface area contributed by atoms with Gasteiger partial charge >= 0.3 is 0 Å². The normalized spacial score (nSPS) is 18.3. The van der Waals surface area contributed by atoms with Gasteiger partial charge in [0.2, 0.25) is 0 Å². The lowest BCUT2D eigenvalue weighted by Crippen LogP contribution is -2.35. The molecule has 0 spiro atoms. The van der Waals surface area contributed by atoms with E-state index in [9.17, 15) is 4.79 Å². The number of rotatable bonds is 3. The first kappa shape index (κ1) is 16.1. The highest BCUT2D eigenvalue weighted by Gasteiger charge is 2.30. The van der Waals surface area contributed by atoms with Gasteiger partial charge in [-0.3, -0.25) is 4.79 Å². The average molecular weight is 355 g/mol. The lowest BCUT2D eigenvalue weighted by atomic mass is 10.1. The monoisotopic (exact) mass is 355 g/mol. The fourth-order valence-electron chi connectivity index (χ4n) is 3.52. The number of furan rings is 1. The molecule has 1 unspecified atom stereocenters. The van der Waals surface area contributed by atoms with Gasteiger partial charge in [-0.2, -0.15) is 0 Å². The van der Waals surface area contributed by atoms with Crippen molar-refractivity contribution in [3.63, 3.8) is 0 Å². The van der Waals surface area contributed by atoms with Crippen LogP contribution in [0.15, 0.2) is 46.7 Å². The van der Waals surface area contributed by atoms with Crippen molar-refractivity contribution in [2.24, 2.45) is 7.05 Å². The Bertz CT molecular complexity index is 850. The molecule has 0 bridgehead atoms. The first-order chi connectivity index (χ1) is 12.2. The molecule has 25 heavy (non-hydrogen) atoms. The largest absolute Gasteiger partial charge is 0.472 e. The second-order valence-electron chi connectivity index (χ2n) is 6.46. The highest BCUT2D eigenvalue weighted by atomic mass is 32.1. The standard InChI is InChI=1S/C19H21N3O2S/c1-21-9-5-7-16(21)17-6-3-2-4-10-22(17)19(23)15-13-25-18(20-15)14-8-11-24-12-14/h5,7-9,11-13,17H,2-4,6,10H2,1H3. The molecule has 1 atom stereocenters. The van der Waals surface area contributed by atoms with Gasteiger partial charge in [0.15, 0.2) is 0 Å². The first-order valence-corrected chi connectivity index (χ1v) is 9.52. The molecule has 0 radical (unpaired) electrons. The Morgan fingerprint density at radius 3 is 3.00 bits per heavy atom. The summed E-state index contributed by atoms with van der Waals surface area (Å²) in [5.41, 5.74) is 2.64. The van der Waals surface area contributed by atoms with Gasteiger partial charge in [0.25, 0.3) is 5.91 Å².